The molecule has 0 spiro atoms. The average Bonchev–Trinajstić information content (AvgIpc) is 3.32. The maximum Gasteiger partial charge on any atom is 0.252 e. The van der Waals surface area contributed by atoms with Gasteiger partial charge in [0.25, 0.3) is 5.91 Å². The number of carbonyl (C=O) groups is 1. The number of hydrogen-bond donors (Lipinski definition) is 0. The van der Waals surface area contributed by atoms with Crippen LogP contribution in [0.1, 0.15) is 12.0 Å². The van der Waals surface area contributed by atoms with Crippen molar-refractivity contribution in [1.82, 2.24) is 4.98 Å². The molecule has 2 aliphatic heterocycles. The molecule has 0 radical (unpaired) electrons. The fourth-order valence-corrected chi connectivity index (χ4v) is 4.16. The molecule has 1 aromatic carbocycles. The van der Waals surface area contributed by atoms with Gasteiger partial charge < -0.3 is 9.47 Å². The van der Waals surface area contributed by atoms with Crippen molar-refractivity contribution in [3.8, 4) is 11.5 Å². The molecule has 1 unspecified atom stereocenters. The predicted octanol–water partition coefficient (Wildman–Crippen LogP) is 3.36. The molecule has 3 heterocycles. The summed E-state index contributed by atoms with van der Waals surface area (Å²) in [5.41, 5.74) is 0.902. The Morgan fingerprint density at radius 3 is 2.96 bits per heavy atom. The summed E-state index contributed by atoms with van der Waals surface area (Å²) in [6.45, 7) is 0.244. The van der Waals surface area contributed by atoms with Crippen LogP contribution in [0.25, 0.3) is 6.08 Å². The van der Waals surface area contributed by atoms with Gasteiger partial charge >= 0.3 is 0 Å². The molecule has 0 saturated carbocycles. The Hall–Kier alpha value is -2.47. The van der Waals surface area contributed by atoms with Crippen molar-refractivity contribution in [2.24, 2.45) is 0 Å². The van der Waals surface area contributed by atoms with Gasteiger partial charge in [-0.25, -0.2) is 4.98 Å². The Morgan fingerprint density at radius 2 is 2.16 bits per heavy atom. The second kappa shape index (κ2) is 7.19. The fraction of sp³-hybridized carbons (Fsp3) is 0.263. The molecule has 1 atom stereocenters. The van der Waals surface area contributed by atoms with Gasteiger partial charge in [-0.1, -0.05) is 12.1 Å². The largest absolute Gasteiger partial charge is 0.454 e. The number of thioether (sulfide) groups is 1. The van der Waals surface area contributed by atoms with Crippen molar-refractivity contribution >= 4 is 29.6 Å². The summed E-state index contributed by atoms with van der Waals surface area (Å²) in [5, 5.41) is 0. The van der Waals surface area contributed by atoms with Crippen LogP contribution < -0.4 is 14.4 Å². The topological polar surface area (TPSA) is 51.7 Å². The van der Waals surface area contributed by atoms with Crippen LogP contribution in [0.3, 0.4) is 0 Å². The highest BCUT2D eigenvalue weighted by Crippen LogP contribution is 2.33. The van der Waals surface area contributed by atoms with E-state index in [-0.39, 0.29) is 18.7 Å². The van der Waals surface area contributed by atoms with E-state index < -0.39 is 0 Å². The van der Waals surface area contributed by atoms with Gasteiger partial charge in [0.1, 0.15) is 5.82 Å². The monoisotopic (exact) mass is 354 g/mol. The fourth-order valence-electron chi connectivity index (χ4n) is 2.97. The number of rotatable bonds is 4. The van der Waals surface area contributed by atoms with E-state index in [1.54, 1.807) is 12.3 Å². The van der Waals surface area contributed by atoms with Crippen molar-refractivity contribution in [2.75, 3.05) is 23.2 Å². The normalized spacial score (nSPS) is 18.6. The summed E-state index contributed by atoms with van der Waals surface area (Å²) in [6.07, 6.45) is 6.13. The van der Waals surface area contributed by atoms with Gasteiger partial charge in [0.05, 0.1) is 0 Å². The van der Waals surface area contributed by atoms with Crippen LogP contribution in [0.2, 0.25) is 0 Å². The summed E-state index contributed by atoms with van der Waals surface area (Å²) in [5.74, 6) is 4.12. The first-order valence-corrected chi connectivity index (χ1v) is 9.36. The third-order valence-corrected chi connectivity index (χ3v) is 5.36. The van der Waals surface area contributed by atoms with Gasteiger partial charge in [-0.15, -0.1) is 0 Å². The summed E-state index contributed by atoms with van der Waals surface area (Å²) < 4.78 is 10.7. The number of ether oxygens (including phenoxy) is 2. The number of benzene rings is 1. The number of pyridine rings is 1. The van der Waals surface area contributed by atoms with Crippen LogP contribution in [0, 0.1) is 0 Å². The van der Waals surface area contributed by atoms with Crippen LogP contribution in [0.5, 0.6) is 11.5 Å². The molecule has 2 aromatic rings. The minimum atomic E-state index is -0.0520. The molecule has 0 bridgehead atoms. The van der Waals surface area contributed by atoms with E-state index in [9.17, 15) is 4.79 Å². The van der Waals surface area contributed by atoms with E-state index in [1.165, 1.54) is 0 Å². The molecule has 128 valence electrons. The molecule has 0 aliphatic carbocycles. The molecule has 1 fully saturated rings. The lowest BCUT2D eigenvalue weighted by Crippen LogP contribution is -2.40. The summed E-state index contributed by atoms with van der Waals surface area (Å²) >= 11 is 1.87. The van der Waals surface area contributed by atoms with Gasteiger partial charge in [0, 0.05) is 24.1 Å². The highest BCUT2D eigenvalue weighted by molar-refractivity contribution is 7.99. The molecule has 0 N–H and O–H groups in total. The molecular formula is C19H18N2O3S. The summed E-state index contributed by atoms with van der Waals surface area (Å²) in [6, 6.07) is 11.5. The van der Waals surface area contributed by atoms with Crippen LogP contribution >= 0.6 is 11.8 Å². The highest BCUT2D eigenvalue weighted by atomic mass is 32.2. The third kappa shape index (κ3) is 3.49. The van der Waals surface area contributed by atoms with Crippen LogP contribution in [-0.2, 0) is 4.79 Å². The molecule has 25 heavy (non-hydrogen) atoms. The molecule has 1 amide bonds. The van der Waals surface area contributed by atoms with Gasteiger partial charge in [0.15, 0.2) is 11.5 Å². The van der Waals surface area contributed by atoms with Gasteiger partial charge in [-0.05, 0) is 48.1 Å². The maximum atomic E-state index is 12.9. The van der Waals surface area contributed by atoms with E-state index in [2.05, 4.69) is 4.98 Å². The SMILES string of the molecule is O=C(/C=C/c1ccc2c(c1)OCO2)N(c1ccccn1)C1CCSC1. The first kappa shape index (κ1) is 16.0. The molecule has 5 nitrogen and oxygen atoms in total. The van der Waals surface area contributed by atoms with Crippen molar-refractivity contribution < 1.29 is 14.3 Å². The second-order valence-corrected chi connectivity index (χ2v) is 7.01. The van der Waals surface area contributed by atoms with Crippen LogP contribution in [0.15, 0.2) is 48.7 Å². The first-order chi connectivity index (χ1) is 12.3. The lowest BCUT2D eigenvalue weighted by atomic mass is 10.1. The zero-order chi connectivity index (χ0) is 17.1. The molecular weight excluding hydrogens is 336 g/mol. The minimum absolute atomic E-state index is 0.0520. The summed E-state index contributed by atoms with van der Waals surface area (Å²) in [4.78, 5) is 19.1. The lowest BCUT2D eigenvalue weighted by Gasteiger charge is -2.26. The van der Waals surface area contributed by atoms with Gasteiger partial charge in [-0.2, -0.15) is 11.8 Å². The van der Waals surface area contributed by atoms with Crippen LogP contribution in [0.4, 0.5) is 5.82 Å². The van der Waals surface area contributed by atoms with Gasteiger partial charge in [0.2, 0.25) is 6.79 Å². The lowest BCUT2D eigenvalue weighted by molar-refractivity contribution is -0.114. The quantitative estimate of drug-likeness (QED) is 0.788. The summed E-state index contributed by atoms with van der Waals surface area (Å²) in [7, 11) is 0. The van der Waals surface area contributed by atoms with Crippen molar-refractivity contribution in [3.05, 3.63) is 54.2 Å². The number of anilines is 1. The number of hydrogen-bond acceptors (Lipinski definition) is 5. The van der Waals surface area contributed by atoms with Crippen molar-refractivity contribution in [3.63, 3.8) is 0 Å². The highest BCUT2D eigenvalue weighted by Gasteiger charge is 2.28. The average molecular weight is 354 g/mol. The zero-order valence-electron chi connectivity index (χ0n) is 13.6. The van der Waals surface area contributed by atoms with Crippen LogP contribution in [-0.4, -0.2) is 35.2 Å². The van der Waals surface area contributed by atoms with E-state index in [1.807, 2.05) is 59.1 Å². The van der Waals surface area contributed by atoms with E-state index in [0.717, 1.165) is 29.2 Å². The Bertz CT molecular complexity index is 789. The Kier molecular flexibility index (Phi) is 4.61. The number of fused-ring (bicyclic) bond motifs is 1. The predicted molar refractivity (Wildman–Crippen MR) is 99.1 cm³/mol. The molecule has 1 aromatic heterocycles. The van der Waals surface area contributed by atoms with E-state index in [4.69, 9.17) is 9.47 Å². The maximum absolute atomic E-state index is 12.9. The number of carbonyl (C=O) groups excluding carboxylic acids is 1. The molecule has 1 saturated heterocycles. The Balaban J connectivity index is 1.56. The minimum Gasteiger partial charge on any atom is -0.454 e. The molecule has 2 aliphatic rings. The number of nitrogens with zero attached hydrogens (tertiary/aromatic N) is 2. The second-order valence-electron chi connectivity index (χ2n) is 5.86. The van der Waals surface area contributed by atoms with E-state index >= 15 is 0 Å². The Labute approximate surface area is 150 Å². The third-order valence-electron chi connectivity index (χ3n) is 4.22. The van der Waals surface area contributed by atoms with Crippen molar-refractivity contribution in [1.29, 1.82) is 0 Å². The Morgan fingerprint density at radius 1 is 1.24 bits per heavy atom. The van der Waals surface area contributed by atoms with Gasteiger partial charge in [-0.3, -0.25) is 9.69 Å². The van der Waals surface area contributed by atoms with E-state index in [0.29, 0.717) is 11.6 Å². The standard InChI is InChI=1S/C19H18N2O3S/c22-19(7-5-14-4-6-16-17(11-14)24-13-23-16)21(15-8-10-25-12-15)18-3-1-2-9-20-18/h1-7,9,11,15H,8,10,12-13H2/b7-5+. The first-order valence-electron chi connectivity index (χ1n) is 8.21. The molecule has 6 heteroatoms. The van der Waals surface area contributed by atoms with Crippen molar-refractivity contribution in [2.45, 2.75) is 12.5 Å². The smallest absolute Gasteiger partial charge is 0.252 e. The number of amides is 1. The molecule has 4 rings (SSSR count). The number of aromatic nitrogens is 1. The zero-order valence-corrected chi connectivity index (χ0v) is 14.4.